The highest BCUT2D eigenvalue weighted by Gasteiger charge is 2.16. The fourth-order valence-electron chi connectivity index (χ4n) is 1.89. The number of benzene rings is 1. The topological polar surface area (TPSA) is 116 Å². The van der Waals surface area contributed by atoms with Gasteiger partial charge >= 0.3 is 0 Å². The van der Waals surface area contributed by atoms with E-state index >= 15 is 0 Å². The molecule has 0 unspecified atom stereocenters. The first-order valence-electron chi connectivity index (χ1n) is 6.30. The Balaban J connectivity index is 2.19. The van der Waals surface area contributed by atoms with Gasteiger partial charge in [0.1, 0.15) is 5.69 Å². The van der Waals surface area contributed by atoms with Gasteiger partial charge in [-0.2, -0.15) is 0 Å². The Morgan fingerprint density at radius 2 is 2.29 bits per heavy atom. The summed E-state index contributed by atoms with van der Waals surface area (Å²) in [6, 6.07) is 4.52. The number of carbonyl (C=O) groups excluding carboxylic acids is 1. The van der Waals surface area contributed by atoms with Crippen LogP contribution in [0.15, 0.2) is 30.7 Å². The molecule has 110 valence electrons. The Morgan fingerprint density at radius 3 is 2.95 bits per heavy atom. The molecule has 0 saturated heterocycles. The highest BCUT2D eigenvalue weighted by atomic mass is 16.6. The maximum Gasteiger partial charge on any atom is 0.275 e. The second kappa shape index (κ2) is 6.14. The molecule has 0 saturated carbocycles. The number of imidazole rings is 1. The first kappa shape index (κ1) is 14.7. The van der Waals surface area contributed by atoms with Crippen LogP contribution in [-0.4, -0.2) is 26.9 Å². The summed E-state index contributed by atoms with van der Waals surface area (Å²) in [5, 5.41) is 13.5. The van der Waals surface area contributed by atoms with E-state index in [0.29, 0.717) is 24.3 Å². The molecule has 1 heterocycles. The number of anilines is 1. The molecule has 8 nitrogen and oxygen atoms in total. The molecule has 0 aliphatic carbocycles. The highest BCUT2D eigenvalue weighted by Crippen LogP contribution is 2.25. The fourth-order valence-corrected chi connectivity index (χ4v) is 1.89. The molecular weight excluding hydrogens is 274 g/mol. The smallest absolute Gasteiger partial charge is 0.275 e. The third kappa shape index (κ3) is 3.23. The van der Waals surface area contributed by atoms with Crippen LogP contribution in [0.25, 0.3) is 0 Å². The first-order chi connectivity index (χ1) is 10.0. The summed E-state index contributed by atoms with van der Waals surface area (Å²) in [6.45, 7) is 2.60. The molecular formula is C13H15N5O3. The van der Waals surface area contributed by atoms with Crippen molar-refractivity contribution in [3.05, 3.63) is 52.1 Å². The summed E-state index contributed by atoms with van der Waals surface area (Å²) in [5.74, 6) is -0.422. The molecule has 3 N–H and O–H groups in total. The van der Waals surface area contributed by atoms with Crippen molar-refractivity contribution >= 4 is 17.3 Å². The molecule has 1 aromatic carbocycles. The fraction of sp³-hybridized carbons (Fsp3) is 0.231. The second-order valence-electron chi connectivity index (χ2n) is 4.45. The van der Waals surface area contributed by atoms with Gasteiger partial charge in [-0.25, -0.2) is 4.98 Å². The number of nitro benzene ring substituents is 1. The lowest BCUT2D eigenvalue weighted by atomic mass is 10.1. The molecule has 2 rings (SSSR count). The lowest BCUT2D eigenvalue weighted by Gasteiger charge is -2.07. The summed E-state index contributed by atoms with van der Waals surface area (Å²) < 4.78 is 1.70. The summed E-state index contributed by atoms with van der Waals surface area (Å²) in [7, 11) is 0. The van der Waals surface area contributed by atoms with Gasteiger partial charge in [0.05, 0.1) is 22.5 Å². The zero-order valence-corrected chi connectivity index (χ0v) is 11.4. The Hall–Kier alpha value is -2.74. The van der Waals surface area contributed by atoms with Crippen molar-refractivity contribution in [1.29, 1.82) is 0 Å². The number of nitrogens with zero attached hydrogens (tertiary/aromatic N) is 3. The third-order valence-corrected chi connectivity index (χ3v) is 3.00. The lowest BCUT2D eigenvalue weighted by Crippen LogP contribution is -2.14. The van der Waals surface area contributed by atoms with Crippen molar-refractivity contribution in [2.75, 3.05) is 11.9 Å². The Bertz CT molecular complexity index is 680. The largest absolute Gasteiger partial charge is 0.335 e. The third-order valence-electron chi connectivity index (χ3n) is 3.00. The van der Waals surface area contributed by atoms with Crippen LogP contribution in [0.2, 0.25) is 0 Å². The van der Waals surface area contributed by atoms with E-state index in [1.165, 1.54) is 18.5 Å². The van der Waals surface area contributed by atoms with E-state index in [2.05, 4.69) is 10.3 Å². The number of carbonyl (C=O) groups is 1. The molecule has 0 radical (unpaired) electrons. The molecule has 0 aliphatic heterocycles. The number of nitro groups is 1. The van der Waals surface area contributed by atoms with E-state index in [1.54, 1.807) is 23.8 Å². The molecule has 0 atom stereocenters. The minimum Gasteiger partial charge on any atom is -0.335 e. The van der Waals surface area contributed by atoms with Gasteiger partial charge in [-0.05, 0) is 13.0 Å². The summed E-state index contributed by atoms with van der Waals surface area (Å²) >= 11 is 0. The standard InChI is InChI=1S/C13H15N5O3/c1-9-10(3-2-4-12(9)18(20)21)16-13(19)11-7-17(6-5-14)8-15-11/h2-4,7-8H,5-6,14H2,1H3,(H,16,19). The van der Waals surface area contributed by atoms with Crippen LogP contribution in [-0.2, 0) is 6.54 Å². The average Bonchev–Trinajstić information content (AvgIpc) is 2.90. The maximum atomic E-state index is 12.1. The number of hydrogen-bond acceptors (Lipinski definition) is 5. The first-order valence-corrected chi connectivity index (χ1v) is 6.30. The predicted octanol–water partition coefficient (Wildman–Crippen LogP) is 1.31. The van der Waals surface area contributed by atoms with Crippen LogP contribution in [0.3, 0.4) is 0 Å². The van der Waals surface area contributed by atoms with Crippen LogP contribution >= 0.6 is 0 Å². The van der Waals surface area contributed by atoms with Crippen molar-refractivity contribution in [2.24, 2.45) is 5.73 Å². The number of amides is 1. The number of nitrogens with one attached hydrogen (secondary N) is 1. The average molecular weight is 289 g/mol. The predicted molar refractivity (Wildman–Crippen MR) is 77.1 cm³/mol. The van der Waals surface area contributed by atoms with Gasteiger partial charge in [-0.3, -0.25) is 14.9 Å². The van der Waals surface area contributed by atoms with Crippen molar-refractivity contribution in [3.8, 4) is 0 Å². The van der Waals surface area contributed by atoms with E-state index in [-0.39, 0.29) is 11.4 Å². The molecule has 1 amide bonds. The van der Waals surface area contributed by atoms with E-state index in [4.69, 9.17) is 5.73 Å². The Morgan fingerprint density at radius 1 is 1.52 bits per heavy atom. The number of rotatable bonds is 5. The van der Waals surface area contributed by atoms with E-state index in [1.807, 2.05) is 0 Å². The van der Waals surface area contributed by atoms with Crippen LogP contribution in [0, 0.1) is 17.0 Å². The van der Waals surface area contributed by atoms with Crippen LogP contribution in [0.1, 0.15) is 16.1 Å². The quantitative estimate of drug-likeness (QED) is 0.636. The van der Waals surface area contributed by atoms with E-state index < -0.39 is 10.8 Å². The monoisotopic (exact) mass is 289 g/mol. The van der Waals surface area contributed by atoms with Crippen molar-refractivity contribution in [2.45, 2.75) is 13.5 Å². The summed E-state index contributed by atoms with van der Waals surface area (Å²) in [5.41, 5.74) is 6.40. The molecule has 0 bridgehead atoms. The minimum absolute atomic E-state index is 0.0403. The highest BCUT2D eigenvalue weighted by molar-refractivity contribution is 6.03. The SMILES string of the molecule is Cc1c(NC(=O)c2cn(CCN)cn2)cccc1[N+](=O)[O-]. The maximum absolute atomic E-state index is 12.1. The van der Waals surface area contributed by atoms with Crippen LogP contribution in [0.4, 0.5) is 11.4 Å². The van der Waals surface area contributed by atoms with Crippen molar-refractivity contribution in [1.82, 2.24) is 9.55 Å². The second-order valence-corrected chi connectivity index (χ2v) is 4.45. The van der Waals surface area contributed by atoms with Gasteiger partial charge < -0.3 is 15.6 Å². The van der Waals surface area contributed by atoms with E-state index in [9.17, 15) is 14.9 Å². The Labute approximate surface area is 120 Å². The van der Waals surface area contributed by atoms with Gasteiger partial charge in [0.2, 0.25) is 0 Å². The van der Waals surface area contributed by atoms with Crippen molar-refractivity contribution in [3.63, 3.8) is 0 Å². The van der Waals surface area contributed by atoms with Gasteiger partial charge in [-0.1, -0.05) is 6.07 Å². The zero-order valence-electron chi connectivity index (χ0n) is 11.4. The Kier molecular flexibility index (Phi) is 4.29. The number of aromatic nitrogens is 2. The normalized spacial score (nSPS) is 10.4. The lowest BCUT2D eigenvalue weighted by molar-refractivity contribution is -0.385. The molecule has 21 heavy (non-hydrogen) atoms. The van der Waals surface area contributed by atoms with Crippen LogP contribution in [0.5, 0.6) is 0 Å². The minimum atomic E-state index is -0.485. The number of nitrogens with two attached hydrogens (primary N) is 1. The zero-order chi connectivity index (χ0) is 15.4. The molecule has 0 spiro atoms. The summed E-state index contributed by atoms with van der Waals surface area (Å²) in [4.78, 5) is 26.4. The molecule has 8 heteroatoms. The van der Waals surface area contributed by atoms with Gasteiger partial charge in [-0.15, -0.1) is 0 Å². The van der Waals surface area contributed by atoms with Gasteiger partial charge in [0.15, 0.2) is 0 Å². The molecule has 2 aromatic rings. The van der Waals surface area contributed by atoms with E-state index in [0.717, 1.165) is 0 Å². The molecule has 0 aliphatic rings. The van der Waals surface area contributed by atoms with Gasteiger partial charge in [0.25, 0.3) is 11.6 Å². The molecule has 1 aromatic heterocycles. The molecule has 0 fully saturated rings. The van der Waals surface area contributed by atoms with Crippen molar-refractivity contribution < 1.29 is 9.72 Å². The number of hydrogen-bond donors (Lipinski definition) is 2. The van der Waals surface area contributed by atoms with Crippen LogP contribution < -0.4 is 11.1 Å². The van der Waals surface area contributed by atoms with Gasteiger partial charge in [0, 0.05) is 25.4 Å². The summed E-state index contributed by atoms with van der Waals surface area (Å²) in [6.07, 6.45) is 3.09.